The van der Waals surface area contributed by atoms with Gasteiger partial charge in [-0.2, -0.15) is 0 Å². The Morgan fingerprint density at radius 2 is 2.00 bits per heavy atom. The van der Waals surface area contributed by atoms with Gasteiger partial charge in [0.05, 0.1) is 19.3 Å². The molecule has 1 unspecified atom stereocenters. The Kier molecular flexibility index (Phi) is 4.10. The minimum atomic E-state index is 0.135. The van der Waals surface area contributed by atoms with Crippen LogP contribution in [0.3, 0.4) is 0 Å². The summed E-state index contributed by atoms with van der Waals surface area (Å²) >= 11 is 0. The summed E-state index contributed by atoms with van der Waals surface area (Å²) in [7, 11) is 0. The Morgan fingerprint density at radius 3 is 2.78 bits per heavy atom. The maximum atomic E-state index is 12.0. The number of nitrogens with zero attached hydrogens (tertiary/aromatic N) is 1. The van der Waals surface area contributed by atoms with Gasteiger partial charge in [-0.05, 0) is 30.5 Å². The Balaban J connectivity index is 1.51. The largest absolute Gasteiger partial charge is 0.454 e. The smallest absolute Gasteiger partial charge is 0.231 e. The number of nitrogens with one attached hydrogen (secondary N) is 1. The molecule has 0 radical (unpaired) electrons. The first kappa shape index (κ1) is 14.8. The molecule has 1 aliphatic carbocycles. The standard InChI is InChI=1S/C17H22N2O4/c20-17(12-1-2-12)18-10-14(19-5-7-21-8-6-19)13-3-4-15-16(9-13)23-11-22-15/h3-4,9,12,14H,1-2,5-8,10-11H2,(H,18,20). The molecule has 6 heteroatoms. The van der Waals surface area contributed by atoms with E-state index in [2.05, 4.69) is 16.3 Å². The van der Waals surface area contributed by atoms with Crippen LogP contribution in [0, 0.1) is 5.92 Å². The molecule has 1 aromatic carbocycles. The second kappa shape index (κ2) is 6.37. The monoisotopic (exact) mass is 318 g/mol. The molecule has 2 aliphatic heterocycles. The molecule has 1 aromatic rings. The molecular weight excluding hydrogens is 296 g/mol. The number of hydrogen-bond donors (Lipinski definition) is 1. The van der Waals surface area contributed by atoms with Crippen molar-refractivity contribution in [2.24, 2.45) is 5.92 Å². The van der Waals surface area contributed by atoms with Crippen LogP contribution in [0.4, 0.5) is 0 Å². The third kappa shape index (κ3) is 3.28. The molecule has 4 rings (SSSR count). The minimum absolute atomic E-state index is 0.135. The Bertz CT molecular complexity index is 582. The zero-order chi connectivity index (χ0) is 15.6. The highest BCUT2D eigenvalue weighted by molar-refractivity contribution is 5.80. The van der Waals surface area contributed by atoms with Gasteiger partial charge in [-0.3, -0.25) is 9.69 Å². The van der Waals surface area contributed by atoms with Crippen LogP contribution in [-0.2, 0) is 9.53 Å². The van der Waals surface area contributed by atoms with Crippen LogP contribution in [0.15, 0.2) is 18.2 Å². The first-order valence-electron chi connectivity index (χ1n) is 8.30. The third-order valence-electron chi connectivity index (χ3n) is 4.69. The van der Waals surface area contributed by atoms with Crippen LogP contribution in [0.5, 0.6) is 11.5 Å². The average Bonchev–Trinajstić information content (AvgIpc) is 3.34. The van der Waals surface area contributed by atoms with Crippen LogP contribution < -0.4 is 14.8 Å². The van der Waals surface area contributed by atoms with Gasteiger partial charge in [0.15, 0.2) is 11.5 Å². The van der Waals surface area contributed by atoms with Crippen LogP contribution in [0.2, 0.25) is 0 Å². The van der Waals surface area contributed by atoms with Crippen LogP contribution in [0.1, 0.15) is 24.4 Å². The lowest BCUT2D eigenvalue weighted by atomic mass is 10.0. The highest BCUT2D eigenvalue weighted by Gasteiger charge is 2.31. The van der Waals surface area contributed by atoms with E-state index >= 15 is 0 Å². The number of morpholine rings is 1. The lowest BCUT2D eigenvalue weighted by Crippen LogP contribution is -2.44. The van der Waals surface area contributed by atoms with Crippen molar-refractivity contribution in [2.75, 3.05) is 39.6 Å². The van der Waals surface area contributed by atoms with Gasteiger partial charge in [0.1, 0.15) is 0 Å². The average molecular weight is 318 g/mol. The Labute approximate surface area is 135 Å². The maximum Gasteiger partial charge on any atom is 0.231 e. The number of carbonyl (C=O) groups excluding carboxylic acids is 1. The summed E-state index contributed by atoms with van der Waals surface area (Å²) < 4.78 is 16.3. The maximum absolute atomic E-state index is 12.0. The van der Waals surface area contributed by atoms with E-state index in [4.69, 9.17) is 14.2 Å². The van der Waals surface area contributed by atoms with Gasteiger partial charge in [-0.25, -0.2) is 0 Å². The molecule has 0 aromatic heterocycles. The number of benzene rings is 1. The Morgan fingerprint density at radius 1 is 1.22 bits per heavy atom. The third-order valence-corrected chi connectivity index (χ3v) is 4.69. The van der Waals surface area contributed by atoms with Crippen molar-refractivity contribution in [2.45, 2.75) is 18.9 Å². The van der Waals surface area contributed by atoms with E-state index in [1.807, 2.05) is 12.1 Å². The molecule has 0 bridgehead atoms. The predicted octanol–water partition coefficient (Wildman–Crippen LogP) is 1.31. The first-order chi connectivity index (χ1) is 11.3. The lowest BCUT2D eigenvalue weighted by Gasteiger charge is -2.35. The number of fused-ring (bicyclic) bond motifs is 1. The second-order valence-corrected chi connectivity index (χ2v) is 6.30. The molecule has 23 heavy (non-hydrogen) atoms. The SMILES string of the molecule is O=C(NCC(c1ccc2c(c1)OCO2)N1CCOCC1)C1CC1. The zero-order valence-corrected chi connectivity index (χ0v) is 13.1. The van der Waals surface area contributed by atoms with Gasteiger partial charge in [0.25, 0.3) is 0 Å². The highest BCUT2D eigenvalue weighted by atomic mass is 16.7. The van der Waals surface area contributed by atoms with Gasteiger partial charge in [0.2, 0.25) is 12.7 Å². The van der Waals surface area contributed by atoms with Crippen molar-refractivity contribution >= 4 is 5.91 Å². The molecule has 6 nitrogen and oxygen atoms in total. The Hall–Kier alpha value is -1.79. The number of carbonyl (C=O) groups is 1. The molecule has 0 spiro atoms. The van der Waals surface area contributed by atoms with Gasteiger partial charge in [-0.15, -0.1) is 0 Å². The van der Waals surface area contributed by atoms with E-state index in [-0.39, 0.29) is 24.7 Å². The summed E-state index contributed by atoms with van der Waals surface area (Å²) in [6, 6.07) is 6.19. The van der Waals surface area contributed by atoms with Gasteiger partial charge in [0, 0.05) is 25.6 Å². The fourth-order valence-electron chi connectivity index (χ4n) is 3.15. The fourth-order valence-corrected chi connectivity index (χ4v) is 3.15. The van der Waals surface area contributed by atoms with Gasteiger partial charge >= 0.3 is 0 Å². The van der Waals surface area contributed by atoms with E-state index < -0.39 is 0 Å². The number of amides is 1. The number of ether oxygens (including phenoxy) is 3. The molecule has 1 saturated carbocycles. The zero-order valence-electron chi connectivity index (χ0n) is 13.1. The summed E-state index contributed by atoms with van der Waals surface area (Å²) in [4.78, 5) is 14.4. The normalized spacial score (nSPS) is 21.9. The summed E-state index contributed by atoms with van der Waals surface area (Å²) in [5, 5.41) is 3.11. The van der Waals surface area contributed by atoms with E-state index in [9.17, 15) is 4.79 Å². The molecule has 2 fully saturated rings. The van der Waals surface area contributed by atoms with Crippen molar-refractivity contribution in [1.82, 2.24) is 10.2 Å². The van der Waals surface area contributed by atoms with Crippen molar-refractivity contribution in [1.29, 1.82) is 0 Å². The molecular formula is C17H22N2O4. The summed E-state index contributed by atoms with van der Waals surface area (Å²) in [5.74, 6) is 1.99. The fraction of sp³-hybridized carbons (Fsp3) is 0.588. The van der Waals surface area contributed by atoms with E-state index in [1.165, 1.54) is 0 Å². The van der Waals surface area contributed by atoms with Crippen LogP contribution in [0.25, 0.3) is 0 Å². The summed E-state index contributed by atoms with van der Waals surface area (Å²) in [6.45, 7) is 4.11. The van der Waals surface area contributed by atoms with Crippen LogP contribution >= 0.6 is 0 Å². The topological polar surface area (TPSA) is 60.0 Å². The summed E-state index contributed by atoms with van der Waals surface area (Å²) in [6.07, 6.45) is 2.05. The molecule has 1 N–H and O–H groups in total. The lowest BCUT2D eigenvalue weighted by molar-refractivity contribution is -0.122. The molecule has 124 valence electrons. The van der Waals surface area contributed by atoms with Crippen molar-refractivity contribution in [3.63, 3.8) is 0 Å². The second-order valence-electron chi connectivity index (χ2n) is 6.30. The first-order valence-corrected chi connectivity index (χ1v) is 8.30. The summed E-state index contributed by atoms with van der Waals surface area (Å²) in [5.41, 5.74) is 1.15. The van der Waals surface area contributed by atoms with Crippen LogP contribution in [-0.4, -0.2) is 50.4 Å². The van der Waals surface area contributed by atoms with E-state index in [0.717, 1.165) is 56.2 Å². The number of hydrogen-bond acceptors (Lipinski definition) is 5. The predicted molar refractivity (Wildman–Crippen MR) is 83.4 cm³/mol. The van der Waals surface area contributed by atoms with Crippen molar-refractivity contribution in [3.8, 4) is 11.5 Å². The highest BCUT2D eigenvalue weighted by Crippen LogP contribution is 2.35. The molecule has 3 aliphatic rings. The molecule has 1 amide bonds. The van der Waals surface area contributed by atoms with E-state index in [0.29, 0.717) is 6.54 Å². The van der Waals surface area contributed by atoms with E-state index in [1.54, 1.807) is 0 Å². The number of rotatable bonds is 5. The molecule has 2 heterocycles. The van der Waals surface area contributed by atoms with Crippen molar-refractivity contribution in [3.05, 3.63) is 23.8 Å². The molecule has 1 atom stereocenters. The molecule has 1 saturated heterocycles. The minimum Gasteiger partial charge on any atom is -0.454 e. The van der Waals surface area contributed by atoms with Gasteiger partial charge < -0.3 is 19.5 Å². The van der Waals surface area contributed by atoms with Crippen molar-refractivity contribution < 1.29 is 19.0 Å². The quantitative estimate of drug-likeness (QED) is 0.887. The van der Waals surface area contributed by atoms with Gasteiger partial charge in [-0.1, -0.05) is 6.07 Å².